The molecule has 70 valence electrons. The molecule has 0 aliphatic heterocycles. The van der Waals surface area contributed by atoms with Crippen LogP contribution in [0.3, 0.4) is 0 Å². The number of halogens is 4. The van der Waals surface area contributed by atoms with Gasteiger partial charge >= 0.3 is 0 Å². The third-order valence-electron chi connectivity index (χ3n) is 1.48. The van der Waals surface area contributed by atoms with Gasteiger partial charge in [0.25, 0.3) is 0 Å². The number of hydrogen-bond donors (Lipinski definition) is 0. The lowest BCUT2D eigenvalue weighted by atomic mass is 10.1. The van der Waals surface area contributed by atoms with Crippen LogP contribution in [0.4, 0.5) is 13.2 Å². The summed E-state index contributed by atoms with van der Waals surface area (Å²) in [6, 6.07) is 0.762. The monoisotopic (exact) mass is 208 g/mol. The first-order chi connectivity index (χ1) is 5.95. The lowest BCUT2D eigenvalue weighted by Crippen LogP contribution is -2.02. The molecule has 0 N–H and O–H groups in total. The van der Waals surface area contributed by atoms with E-state index in [-0.39, 0.29) is 0 Å². The Morgan fingerprint density at radius 1 is 1.23 bits per heavy atom. The molecule has 0 bridgehead atoms. The predicted octanol–water partition coefficient (Wildman–Crippen LogP) is 2.96. The summed E-state index contributed by atoms with van der Waals surface area (Å²) in [5.74, 6) is -5.42. The molecule has 0 saturated carbocycles. The van der Waals surface area contributed by atoms with E-state index in [4.69, 9.17) is 11.6 Å². The van der Waals surface area contributed by atoms with Gasteiger partial charge < -0.3 is 0 Å². The molecule has 5 heteroatoms. The van der Waals surface area contributed by atoms with Gasteiger partial charge in [-0.15, -0.1) is 0 Å². The van der Waals surface area contributed by atoms with Gasteiger partial charge in [0.1, 0.15) is 0 Å². The quantitative estimate of drug-likeness (QED) is 0.394. The molecule has 1 aromatic rings. The van der Waals surface area contributed by atoms with Crippen molar-refractivity contribution in [1.29, 1.82) is 0 Å². The third kappa shape index (κ3) is 1.67. The van der Waals surface area contributed by atoms with E-state index in [0.717, 1.165) is 13.0 Å². The fourth-order valence-corrected chi connectivity index (χ4v) is 1.02. The minimum absolute atomic E-state index is 0.552. The number of ketones is 1. The normalized spacial score (nSPS) is 10.2. The van der Waals surface area contributed by atoms with Crippen LogP contribution in [0.2, 0.25) is 5.02 Å². The van der Waals surface area contributed by atoms with Crippen LogP contribution in [0.15, 0.2) is 6.07 Å². The molecular formula is C8H4ClF3O. The van der Waals surface area contributed by atoms with Crippen LogP contribution in [-0.2, 0) is 0 Å². The highest BCUT2D eigenvalue weighted by Gasteiger charge is 2.19. The second-order valence-corrected chi connectivity index (χ2v) is 2.81. The van der Waals surface area contributed by atoms with Crippen LogP contribution in [0, 0.1) is 17.5 Å². The predicted molar refractivity (Wildman–Crippen MR) is 41.3 cm³/mol. The first-order valence-electron chi connectivity index (χ1n) is 3.29. The average molecular weight is 209 g/mol. The number of hydrogen-bond acceptors (Lipinski definition) is 1. The summed E-state index contributed by atoms with van der Waals surface area (Å²) in [5.41, 5.74) is -0.552. The minimum atomic E-state index is -1.72. The van der Waals surface area contributed by atoms with Crippen LogP contribution in [0.5, 0.6) is 0 Å². The van der Waals surface area contributed by atoms with Crippen molar-refractivity contribution in [2.75, 3.05) is 0 Å². The summed E-state index contributed by atoms with van der Waals surface area (Å²) in [6.45, 7) is 1.03. The molecule has 1 aromatic carbocycles. The van der Waals surface area contributed by atoms with Crippen LogP contribution >= 0.6 is 11.6 Å². The van der Waals surface area contributed by atoms with E-state index in [9.17, 15) is 18.0 Å². The molecule has 0 aromatic heterocycles. The third-order valence-corrected chi connectivity index (χ3v) is 1.76. The Kier molecular flexibility index (Phi) is 2.61. The number of Topliss-reactive ketones (excluding diaryl/α,β-unsaturated/α-hetero) is 1. The summed E-state index contributed by atoms with van der Waals surface area (Å²) in [5, 5.41) is -0.607. The molecule has 0 heterocycles. The van der Waals surface area contributed by atoms with Crippen molar-refractivity contribution in [3.8, 4) is 0 Å². The molecule has 0 spiro atoms. The van der Waals surface area contributed by atoms with Gasteiger partial charge in [0.15, 0.2) is 23.2 Å². The maximum atomic E-state index is 12.8. The zero-order valence-corrected chi connectivity index (χ0v) is 7.25. The van der Waals surface area contributed by atoms with Crippen LogP contribution in [0.1, 0.15) is 17.3 Å². The standard InChI is InChI=1S/C8H4ClF3O/c1-3(13)4-2-5(9)7(11)8(12)6(4)10/h2H,1H3. The summed E-state index contributed by atoms with van der Waals surface area (Å²) < 4.78 is 38.0. The Morgan fingerprint density at radius 2 is 1.77 bits per heavy atom. The smallest absolute Gasteiger partial charge is 0.196 e. The lowest BCUT2D eigenvalue weighted by molar-refractivity contribution is 0.101. The fourth-order valence-electron chi connectivity index (χ4n) is 0.829. The van der Waals surface area contributed by atoms with E-state index in [1.807, 2.05) is 0 Å². The van der Waals surface area contributed by atoms with Gasteiger partial charge in [-0.1, -0.05) is 11.6 Å². The van der Waals surface area contributed by atoms with E-state index >= 15 is 0 Å². The largest absolute Gasteiger partial charge is 0.294 e. The minimum Gasteiger partial charge on any atom is -0.294 e. The van der Waals surface area contributed by atoms with E-state index < -0.39 is 33.8 Å². The van der Waals surface area contributed by atoms with Crippen molar-refractivity contribution in [1.82, 2.24) is 0 Å². The summed E-state index contributed by atoms with van der Waals surface area (Å²) in [6.07, 6.45) is 0. The Labute approximate surface area is 77.1 Å². The highest BCUT2D eigenvalue weighted by molar-refractivity contribution is 6.31. The van der Waals surface area contributed by atoms with Gasteiger partial charge in [-0.25, -0.2) is 13.2 Å². The zero-order chi connectivity index (χ0) is 10.2. The fraction of sp³-hybridized carbons (Fsp3) is 0.125. The van der Waals surface area contributed by atoms with Gasteiger partial charge in [0.05, 0.1) is 10.6 Å². The SMILES string of the molecule is CC(=O)c1cc(Cl)c(F)c(F)c1F. The molecule has 0 atom stereocenters. The van der Waals surface area contributed by atoms with Crippen molar-refractivity contribution >= 4 is 17.4 Å². The number of carbonyl (C=O) groups excluding carboxylic acids is 1. The average Bonchev–Trinajstić information content (AvgIpc) is 2.07. The molecule has 1 nitrogen and oxygen atoms in total. The Hall–Kier alpha value is -1.03. The molecule has 0 fully saturated rings. The molecule has 0 aliphatic carbocycles. The first-order valence-corrected chi connectivity index (χ1v) is 3.67. The Bertz CT molecular complexity index is 376. The van der Waals surface area contributed by atoms with Crippen molar-refractivity contribution in [2.45, 2.75) is 6.92 Å². The Balaban J connectivity index is 3.50. The van der Waals surface area contributed by atoms with E-state index in [2.05, 4.69) is 0 Å². The van der Waals surface area contributed by atoms with Crippen LogP contribution in [-0.4, -0.2) is 5.78 Å². The van der Waals surface area contributed by atoms with Crippen molar-refractivity contribution in [3.05, 3.63) is 34.1 Å². The zero-order valence-electron chi connectivity index (χ0n) is 6.50. The van der Waals surface area contributed by atoms with Crippen molar-refractivity contribution in [2.24, 2.45) is 0 Å². The maximum absolute atomic E-state index is 12.8. The Morgan fingerprint density at radius 3 is 2.23 bits per heavy atom. The van der Waals surface area contributed by atoms with Crippen LogP contribution < -0.4 is 0 Å². The molecule has 0 amide bonds. The molecule has 13 heavy (non-hydrogen) atoms. The van der Waals surface area contributed by atoms with Gasteiger partial charge in [0.2, 0.25) is 0 Å². The maximum Gasteiger partial charge on any atom is 0.196 e. The molecule has 1 rings (SSSR count). The van der Waals surface area contributed by atoms with Crippen molar-refractivity contribution in [3.63, 3.8) is 0 Å². The van der Waals surface area contributed by atoms with Gasteiger partial charge in [-0.05, 0) is 13.0 Å². The number of rotatable bonds is 1. The molecule has 0 saturated heterocycles. The number of benzene rings is 1. The summed E-state index contributed by atoms with van der Waals surface area (Å²) in [7, 11) is 0. The molecule has 0 unspecified atom stereocenters. The first kappa shape index (κ1) is 10.1. The van der Waals surface area contributed by atoms with E-state index in [1.165, 1.54) is 0 Å². The second kappa shape index (κ2) is 3.38. The highest BCUT2D eigenvalue weighted by atomic mass is 35.5. The van der Waals surface area contributed by atoms with Crippen LogP contribution in [0.25, 0.3) is 0 Å². The topological polar surface area (TPSA) is 17.1 Å². The summed E-state index contributed by atoms with van der Waals surface area (Å²) >= 11 is 5.20. The second-order valence-electron chi connectivity index (χ2n) is 2.40. The number of carbonyl (C=O) groups is 1. The molecule has 0 aliphatic rings. The lowest BCUT2D eigenvalue weighted by Gasteiger charge is -2.02. The molecule has 0 radical (unpaired) electrons. The van der Waals surface area contributed by atoms with Gasteiger partial charge in [-0.3, -0.25) is 4.79 Å². The van der Waals surface area contributed by atoms with Gasteiger partial charge in [0, 0.05) is 0 Å². The highest BCUT2D eigenvalue weighted by Crippen LogP contribution is 2.23. The van der Waals surface area contributed by atoms with E-state index in [0.29, 0.717) is 0 Å². The van der Waals surface area contributed by atoms with E-state index in [1.54, 1.807) is 0 Å². The van der Waals surface area contributed by atoms with Crippen molar-refractivity contribution < 1.29 is 18.0 Å². The molecular weight excluding hydrogens is 205 g/mol. The van der Waals surface area contributed by atoms with Gasteiger partial charge in [-0.2, -0.15) is 0 Å². The summed E-state index contributed by atoms with van der Waals surface area (Å²) in [4.78, 5) is 10.7.